The Hall–Kier alpha value is -2.80. The molecular weight excluding hydrogens is 352 g/mol. The van der Waals surface area contributed by atoms with Crippen LogP contribution in [0.3, 0.4) is 0 Å². The zero-order chi connectivity index (χ0) is 19.2. The van der Waals surface area contributed by atoms with Crippen LogP contribution in [0.25, 0.3) is 0 Å². The average Bonchev–Trinajstić information content (AvgIpc) is 2.64. The van der Waals surface area contributed by atoms with Crippen LogP contribution >= 0.6 is 0 Å². The van der Waals surface area contributed by atoms with Crippen LogP contribution in [0.4, 0.5) is 14.5 Å². The molecule has 1 N–H and O–H groups in total. The summed E-state index contributed by atoms with van der Waals surface area (Å²) in [6, 6.07) is 12.0. The van der Waals surface area contributed by atoms with Crippen LogP contribution < -0.4 is 5.32 Å². The summed E-state index contributed by atoms with van der Waals surface area (Å²) in [5, 5.41) is 2.66. The highest BCUT2D eigenvalue weighted by Gasteiger charge is 2.23. The number of carbonyl (C=O) groups is 2. The number of carbonyl (C=O) groups excluding carboxylic acids is 2. The smallest absolute Gasteiger partial charge is 0.238 e. The second-order valence-corrected chi connectivity index (χ2v) is 6.48. The molecule has 3 rings (SSSR count). The topological polar surface area (TPSA) is 52.7 Å². The molecule has 0 bridgehead atoms. The molecule has 1 aliphatic heterocycles. The molecule has 7 heteroatoms. The first-order chi connectivity index (χ1) is 13.0. The Labute approximate surface area is 156 Å². The fourth-order valence-corrected chi connectivity index (χ4v) is 3.04. The fourth-order valence-electron chi connectivity index (χ4n) is 3.04. The van der Waals surface area contributed by atoms with E-state index in [0.717, 1.165) is 0 Å². The van der Waals surface area contributed by atoms with Crippen LogP contribution in [0.1, 0.15) is 5.56 Å². The molecule has 2 aromatic carbocycles. The lowest BCUT2D eigenvalue weighted by molar-refractivity contribution is -0.132. The lowest BCUT2D eigenvalue weighted by atomic mass is 10.1. The molecule has 5 nitrogen and oxygen atoms in total. The zero-order valence-electron chi connectivity index (χ0n) is 14.8. The van der Waals surface area contributed by atoms with Crippen molar-refractivity contribution in [2.75, 3.05) is 38.0 Å². The Balaban J connectivity index is 1.45. The van der Waals surface area contributed by atoms with Gasteiger partial charge in [-0.3, -0.25) is 14.5 Å². The summed E-state index contributed by atoms with van der Waals surface area (Å²) in [5.74, 6) is -1.14. The molecule has 1 saturated heterocycles. The van der Waals surface area contributed by atoms with Crippen molar-refractivity contribution in [1.82, 2.24) is 9.80 Å². The molecule has 1 aliphatic rings. The number of nitrogens with one attached hydrogen (secondary N) is 1. The molecule has 0 radical (unpaired) electrons. The molecule has 2 amide bonds. The minimum Gasteiger partial charge on any atom is -0.340 e. The summed E-state index contributed by atoms with van der Waals surface area (Å²) >= 11 is 0. The Kier molecular flexibility index (Phi) is 6.13. The number of piperazine rings is 1. The van der Waals surface area contributed by atoms with Crippen LogP contribution in [0.5, 0.6) is 0 Å². The van der Waals surface area contributed by atoms with E-state index >= 15 is 0 Å². The van der Waals surface area contributed by atoms with Crippen LogP contribution in [-0.4, -0.2) is 54.3 Å². The summed E-state index contributed by atoms with van der Waals surface area (Å²) in [4.78, 5) is 28.1. The van der Waals surface area contributed by atoms with Crippen LogP contribution in [0.15, 0.2) is 48.5 Å². The first kappa shape index (κ1) is 19.0. The van der Waals surface area contributed by atoms with E-state index in [1.165, 1.54) is 24.3 Å². The number of anilines is 1. The highest BCUT2D eigenvalue weighted by Crippen LogP contribution is 2.12. The lowest BCUT2D eigenvalue weighted by Gasteiger charge is -2.34. The molecule has 1 heterocycles. The SMILES string of the molecule is O=C(CN1CCN(C(=O)Cc2ccccc2F)CC1)Nc1cccc(F)c1. The van der Waals surface area contributed by atoms with E-state index < -0.39 is 5.82 Å². The Morgan fingerprint density at radius 2 is 1.70 bits per heavy atom. The van der Waals surface area contributed by atoms with Crippen LogP contribution in [0.2, 0.25) is 0 Å². The van der Waals surface area contributed by atoms with Crippen molar-refractivity contribution in [1.29, 1.82) is 0 Å². The Bertz CT molecular complexity index is 820. The third-order valence-corrected chi connectivity index (χ3v) is 4.50. The van der Waals surface area contributed by atoms with Crippen LogP contribution in [-0.2, 0) is 16.0 Å². The monoisotopic (exact) mass is 373 g/mol. The van der Waals surface area contributed by atoms with Gasteiger partial charge in [0.05, 0.1) is 13.0 Å². The predicted octanol–water partition coefficient (Wildman–Crippen LogP) is 2.29. The average molecular weight is 373 g/mol. The fraction of sp³-hybridized carbons (Fsp3) is 0.300. The van der Waals surface area contributed by atoms with E-state index in [1.54, 1.807) is 29.2 Å². The molecule has 2 aromatic rings. The van der Waals surface area contributed by atoms with Crippen molar-refractivity contribution >= 4 is 17.5 Å². The minimum atomic E-state index is -0.408. The second-order valence-electron chi connectivity index (χ2n) is 6.48. The third-order valence-electron chi connectivity index (χ3n) is 4.50. The maximum absolute atomic E-state index is 13.7. The number of amides is 2. The van der Waals surface area contributed by atoms with Crippen molar-refractivity contribution in [3.8, 4) is 0 Å². The summed E-state index contributed by atoms with van der Waals surface area (Å²) in [6.45, 7) is 2.26. The maximum Gasteiger partial charge on any atom is 0.238 e. The second kappa shape index (κ2) is 8.73. The van der Waals surface area contributed by atoms with Gasteiger partial charge in [-0.25, -0.2) is 8.78 Å². The molecule has 0 saturated carbocycles. The lowest BCUT2D eigenvalue weighted by Crippen LogP contribution is -2.50. The van der Waals surface area contributed by atoms with Gasteiger partial charge in [-0.1, -0.05) is 24.3 Å². The van der Waals surface area contributed by atoms with E-state index in [0.29, 0.717) is 37.4 Å². The molecule has 1 fully saturated rings. The molecule has 0 spiro atoms. The van der Waals surface area contributed by atoms with E-state index in [1.807, 2.05) is 4.90 Å². The number of halogens is 2. The number of hydrogen-bond acceptors (Lipinski definition) is 3. The van der Waals surface area contributed by atoms with Gasteiger partial charge in [0.25, 0.3) is 0 Å². The molecule has 0 aliphatic carbocycles. The van der Waals surface area contributed by atoms with Crippen molar-refractivity contribution in [3.63, 3.8) is 0 Å². The number of hydrogen-bond donors (Lipinski definition) is 1. The Morgan fingerprint density at radius 1 is 0.963 bits per heavy atom. The molecule has 27 heavy (non-hydrogen) atoms. The van der Waals surface area contributed by atoms with E-state index in [-0.39, 0.29) is 30.6 Å². The van der Waals surface area contributed by atoms with Gasteiger partial charge in [0.1, 0.15) is 11.6 Å². The van der Waals surface area contributed by atoms with Crippen LogP contribution in [0, 0.1) is 11.6 Å². The Morgan fingerprint density at radius 3 is 2.41 bits per heavy atom. The molecular formula is C20H21F2N3O2. The highest BCUT2D eigenvalue weighted by atomic mass is 19.1. The first-order valence-electron chi connectivity index (χ1n) is 8.80. The van der Waals surface area contributed by atoms with Crippen molar-refractivity contribution in [2.24, 2.45) is 0 Å². The first-order valence-corrected chi connectivity index (χ1v) is 8.80. The number of nitrogens with zero attached hydrogens (tertiary/aromatic N) is 2. The summed E-state index contributed by atoms with van der Waals surface area (Å²) in [6.07, 6.45) is 0.0345. The quantitative estimate of drug-likeness (QED) is 0.875. The van der Waals surface area contributed by atoms with Gasteiger partial charge in [-0.2, -0.15) is 0 Å². The van der Waals surface area contributed by atoms with E-state index in [4.69, 9.17) is 0 Å². The van der Waals surface area contributed by atoms with Gasteiger partial charge in [0.15, 0.2) is 0 Å². The predicted molar refractivity (Wildman–Crippen MR) is 98.2 cm³/mol. The molecule has 0 atom stereocenters. The minimum absolute atomic E-state index is 0.0345. The van der Waals surface area contributed by atoms with Crippen molar-refractivity contribution in [2.45, 2.75) is 6.42 Å². The standard InChI is InChI=1S/C20H21F2N3O2/c21-16-5-3-6-17(13-16)23-19(26)14-24-8-10-25(11-9-24)20(27)12-15-4-1-2-7-18(15)22/h1-7,13H,8-12,14H2,(H,23,26). The summed E-state index contributed by atoms with van der Waals surface area (Å²) < 4.78 is 26.8. The van der Waals surface area contributed by atoms with Gasteiger partial charge < -0.3 is 10.2 Å². The zero-order valence-corrected chi connectivity index (χ0v) is 14.8. The number of rotatable bonds is 5. The van der Waals surface area contributed by atoms with Gasteiger partial charge >= 0.3 is 0 Å². The van der Waals surface area contributed by atoms with E-state index in [9.17, 15) is 18.4 Å². The molecule has 142 valence electrons. The van der Waals surface area contributed by atoms with Gasteiger partial charge in [-0.15, -0.1) is 0 Å². The van der Waals surface area contributed by atoms with Crippen molar-refractivity contribution < 1.29 is 18.4 Å². The highest BCUT2D eigenvalue weighted by molar-refractivity contribution is 5.92. The number of benzene rings is 2. The normalized spacial score (nSPS) is 14.8. The molecule has 0 unspecified atom stereocenters. The largest absolute Gasteiger partial charge is 0.340 e. The third kappa shape index (κ3) is 5.34. The van der Waals surface area contributed by atoms with Gasteiger partial charge in [-0.05, 0) is 29.8 Å². The summed E-state index contributed by atoms with van der Waals surface area (Å²) in [5.41, 5.74) is 0.804. The maximum atomic E-state index is 13.7. The van der Waals surface area contributed by atoms with Gasteiger partial charge in [0.2, 0.25) is 11.8 Å². The van der Waals surface area contributed by atoms with E-state index in [2.05, 4.69) is 5.32 Å². The summed E-state index contributed by atoms with van der Waals surface area (Å²) in [7, 11) is 0. The van der Waals surface area contributed by atoms with Crippen molar-refractivity contribution in [3.05, 3.63) is 65.7 Å². The van der Waals surface area contributed by atoms with Gasteiger partial charge in [0, 0.05) is 31.9 Å². The molecule has 0 aromatic heterocycles.